The highest BCUT2D eigenvalue weighted by molar-refractivity contribution is 5.48. The molecule has 88 valence electrons. The van der Waals surface area contributed by atoms with Crippen molar-refractivity contribution < 1.29 is 5.11 Å². The Hall–Kier alpha value is -1.06. The number of hydrogen-bond acceptors (Lipinski definition) is 3. The lowest BCUT2D eigenvalue weighted by Crippen LogP contribution is -2.35. The first-order valence-electron chi connectivity index (χ1n) is 5.95. The summed E-state index contributed by atoms with van der Waals surface area (Å²) < 4.78 is 0. The van der Waals surface area contributed by atoms with Gasteiger partial charge in [0.05, 0.1) is 6.10 Å². The third-order valence-corrected chi connectivity index (χ3v) is 3.25. The molecule has 3 N–H and O–H groups in total. The average Bonchev–Trinajstić information content (AvgIpc) is 2.30. The molecule has 1 aromatic carbocycles. The number of hydrogen-bond donors (Lipinski definition) is 2. The minimum absolute atomic E-state index is 0.0947. The fourth-order valence-electron chi connectivity index (χ4n) is 2.11. The van der Waals surface area contributed by atoms with E-state index in [1.54, 1.807) is 0 Å². The average molecular weight is 220 g/mol. The zero-order valence-electron chi connectivity index (χ0n) is 9.76. The molecule has 1 saturated heterocycles. The predicted molar refractivity (Wildman–Crippen MR) is 66.5 cm³/mol. The Bertz CT molecular complexity index is 326. The number of nitrogens with zero attached hydrogens (tertiary/aromatic N) is 1. The summed E-state index contributed by atoms with van der Waals surface area (Å²) in [6.07, 6.45) is 1.63. The van der Waals surface area contributed by atoms with Gasteiger partial charge in [-0.05, 0) is 37.5 Å². The van der Waals surface area contributed by atoms with Crippen molar-refractivity contribution in [1.82, 2.24) is 0 Å². The molecule has 1 heterocycles. The number of aliphatic hydroxyl groups is 1. The van der Waals surface area contributed by atoms with Gasteiger partial charge < -0.3 is 15.7 Å². The van der Waals surface area contributed by atoms with E-state index in [2.05, 4.69) is 29.2 Å². The van der Waals surface area contributed by atoms with Crippen LogP contribution >= 0.6 is 0 Å². The Morgan fingerprint density at radius 3 is 2.31 bits per heavy atom. The third kappa shape index (κ3) is 2.54. The van der Waals surface area contributed by atoms with Crippen LogP contribution in [0.3, 0.4) is 0 Å². The van der Waals surface area contributed by atoms with Crippen molar-refractivity contribution >= 4 is 5.69 Å². The number of benzene rings is 1. The van der Waals surface area contributed by atoms with Gasteiger partial charge in [-0.2, -0.15) is 0 Å². The van der Waals surface area contributed by atoms with Crippen molar-refractivity contribution in [2.24, 2.45) is 5.73 Å². The van der Waals surface area contributed by atoms with Gasteiger partial charge in [0.15, 0.2) is 0 Å². The van der Waals surface area contributed by atoms with Crippen molar-refractivity contribution in [3.63, 3.8) is 0 Å². The predicted octanol–water partition coefficient (Wildman–Crippen LogP) is 1.67. The van der Waals surface area contributed by atoms with Crippen molar-refractivity contribution in [2.75, 3.05) is 18.0 Å². The zero-order valence-corrected chi connectivity index (χ0v) is 9.76. The third-order valence-electron chi connectivity index (χ3n) is 3.25. The van der Waals surface area contributed by atoms with E-state index in [0.29, 0.717) is 0 Å². The molecular formula is C13H20N2O. The summed E-state index contributed by atoms with van der Waals surface area (Å²) in [6, 6.07) is 8.51. The summed E-state index contributed by atoms with van der Waals surface area (Å²) in [5.74, 6) is 0. The summed E-state index contributed by atoms with van der Waals surface area (Å²) in [4.78, 5) is 2.32. The van der Waals surface area contributed by atoms with Crippen LogP contribution in [0.5, 0.6) is 0 Å². The van der Waals surface area contributed by atoms with E-state index >= 15 is 0 Å². The molecule has 0 aliphatic carbocycles. The standard InChI is InChI=1S/C13H20N2O/c1-10(14)11-2-4-12(5-3-11)15-8-6-13(16)7-9-15/h2-5,10,13,16H,6-9,14H2,1H3/t10-/m1/s1. The van der Waals surface area contributed by atoms with Crippen molar-refractivity contribution in [3.8, 4) is 0 Å². The molecule has 1 fully saturated rings. The molecule has 0 aromatic heterocycles. The van der Waals surface area contributed by atoms with Crippen LogP contribution in [0.15, 0.2) is 24.3 Å². The van der Waals surface area contributed by atoms with E-state index in [1.807, 2.05) is 6.92 Å². The quantitative estimate of drug-likeness (QED) is 0.797. The molecule has 1 atom stereocenters. The fourth-order valence-corrected chi connectivity index (χ4v) is 2.11. The van der Waals surface area contributed by atoms with E-state index < -0.39 is 0 Å². The molecule has 0 spiro atoms. The van der Waals surface area contributed by atoms with Gasteiger partial charge >= 0.3 is 0 Å². The second kappa shape index (κ2) is 4.85. The Morgan fingerprint density at radius 2 is 1.81 bits per heavy atom. The van der Waals surface area contributed by atoms with Gasteiger partial charge in [-0.3, -0.25) is 0 Å². The van der Waals surface area contributed by atoms with Crippen molar-refractivity contribution in [1.29, 1.82) is 0 Å². The van der Waals surface area contributed by atoms with Crippen LogP contribution < -0.4 is 10.6 Å². The summed E-state index contributed by atoms with van der Waals surface area (Å²) in [6.45, 7) is 3.88. The van der Waals surface area contributed by atoms with Gasteiger partial charge in [0, 0.05) is 24.8 Å². The molecule has 3 nitrogen and oxygen atoms in total. The summed E-state index contributed by atoms with van der Waals surface area (Å²) >= 11 is 0. The smallest absolute Gasteiger partial charge is 0.0574 e. The summed E-state index contributed by atoms with van der Waals surface area (Å²) in [5.41, 5.74) is 8.21. The largest absolute Gasteiger partial charge is 0.393 e. The number of aliphatic hydroxyl groups excluding tert-OH is 1. The van der Waals surface area contributed by atoms with Crippen LogP contribution in [-0.2, 0) is 0 Å². The number of piperidine rings is 1. The molecule has 3 heteroatoms. The van der Waals surface area contributed by atoms with E-state index in [4.69, 9.17) is 5.73 Å². The van der Waals surface area contributed by atoms with Crippen molar-refractivity contribution in [3.05, 3.63) is 29.8 Å². The zero-order chi connectivity index (χ0) is 11.5. The van der Waals surface area contributed by atoms with Gasteiger partial charge in [-0.15, -0.1) is 0 Å². The second-order valence-corrected chi connectivity index (χ2v) is 4.60. The van der Waals surface area contributed by atoms with Crippen LogP contribution in [0.2, 0.25) is 0 Å². The molecule has 0 bridgehead atoms. The highest BCUT2D eigenvalue weighted by Crippen LogP contribution is 2.21. The summed E-state index contributed by atoms with van der Waals surface area (Å²) in [5, 5.41) is 9.45. The molecule has 0 saturated carbocycles. The van der Waals surface area contributed by atoms with Gasteiger partial charge in [-0.25, -0.2) is 0 Å². The highest BCUT2D eigenvalue weighted by Gasteiger charge is 2.16. The first-order chi connectivity index (χ1) is 7.66. The SMILES string of the molecule is C[C@@H](N)c1ccc(N2CCC(O)CC2)cc1. The number of rotatable bonds is 2. The molecule has 1 aliphatic heterocycles. The Balaban J connectivity index is 2.04. The normalized spacial score (nSPS) is 19.8. The topological polar surface area (TPSA) is 49.5 Å². The van der Waals surface area contributed by atoms with Crippen LogP contribution in [0, 0.1) is 0 Å². The first-order valence-corrected chi connectivity index (χ1v) is 5.95. The maximum absolute atomic E-state index is 9.45. The van der Waals surface area contributed by atoms with E-state index in [0.717, 1.165) is 25.9 Å². The van der Waals surface area contributed by atoms with Gasteiger partial charge in [0.1, 0.15) is 0 Å². The summed E-state index contributed by atoms with van der Waals surface area (Å²) in [7, 11) is 0. The van der Waals surface area contributed by atoms with Crippen molar-refractivity contribution in [2.45, 2.75) is 31.9 Å². The van der Waals surface area contributed by atoms with Gasteiger partial charge in [-0.1, -0.05) is 12.1 Å². The molecule has 1 aliphatic rings. The molecule has 2 rings (SSSR count). The lowest BCUT2D eigenvalue weighted by molar-refractivity contribution is 0.145. The van der Waals surface area contributed by atoms with Gasteiger partial charge in [0.2, 0.25) is 0 Å². The van der Waals surface area contributed by atoms with Crippen LogP contribution in [0.25, 0.3) is 0 Å². The fraction of sp³-hybridized carbons (Fsp3) is 0.538. The molecule has 0 radical (unpaired) electrons. The van der Waals surface area contributed by atoms with Crippen LogP contribution in [-0.4, -0.2) is 24.3 Å². The lowest BCUT2D eigenvalue weighted by atomic mass is 10.1. The molecule has 16 heavy (non-hydrogen) atoms. The van der Waals surface area contributed by atoms with E-state index in [1.165, 1.54) is 11.3 Å². The Morgan fingerprint density at radius 1 is 1.25 bits per heavy atom. The van der Waals surface area contributed by atoms with E-state index in [9.17, 15) is 5.11 Å². The van der Waals surface area contributed by atoms with Crippen LogP contribution in [0.4, 0.5) is 5.69 Å². The Labute approximate surface area is 96.9 Å². The molecule has 1 aromatic rings. The lowest BCUT2D eigenvalue weighted by Gasteiger charge is -2.31. The Kier molecular flexibility index (Phi) is 3.46. The molecule has 0 unspecified atom stereocenters. The minimum Gasteiger partial charge on any atom is -0.393 e. The second-order valence-electron chi connectivity index (χ2n) is 4.60. The highest BCUT2D eigenvalue weighted by atomic mass is 16.3. The minimum atomic E-state index is -0.111. The maximum Gasteiger partial charge on any atom is 0.0574 e. The van der Waals surface area contributed by atoms with Crippen LogP contribution in [0.1, 0.15) is 31.4 Å². The van der Waals surface area contributed by atoms with Gasteiger partial charge in [0.25, 0.3) is 0 Å². The number of nitrogens with two attached hydrogens (primary N) is 1. The monoisotopic (exact) mass is 220 g/mol. The van der Waals surface area contributed by atoms with E-state index in [-0.39, 0.29) is 12.1 Å². The first kappa shape index (κ1) is 11.4. The molecular weight excluding hydrogens is 200 g/mol. The molecule has 0 amide bonds. The maximum atomic E-state index is 9.45. The number of anilines is 1.